The highest BCUT2D eigenvalue weighted by atomic mass is 35.5. The van der Waals surface area contributed by atoms with Gasteiger partial charge < -0.3 is 20.9 Å². The van der Waals surface area contributed by atoms with Crippen molar-refractivity contribution in [3.05, 3.63) is 41.6 Å². The molecule has 0 saturated carbocycles. The second-order valence-electron chi connectivity index (χ2n) is 6.89. The number of nitrogens with zero attached hydrogens (tertiary/aromatic N) is 3. The first-order chi connectivity index (χ1) is 12.0. The van der Waals surface area contributed by atoms with E-state index in [1.165, 1.54) is 0 Å². The Kier molecular flexibility index (Phi) is 4.01. The first kappa shape index (κ1) is 16.2. The molecule has 4 N–H and O–H groups in total. The molecule has 130 valence electrons. The molecule has 0 aliphatic carbocycles. The molecule has 1 aliphatic rings. The second kappa shape index (κ2) is 6.20. The lowest BCUT2D eigenvalue weighted by Gasteiger charge is -2.37. The fourth-order valence-corrected chi connectivity index (χ4v) is 3.34. The summed E-state index contributed by atoms with van der Waals surface area (Å²) >= 11 is 6.06. The van der Waals surface area contributed by atoms with Crippen LogP contribution in [0.4, 0.5) is 17.5 Å². The molecule has 2 aromatic heterocycles. The van der Waals surface area contributed by atoms with Crippen LogP contribution < -0.4 is 16.0 Å². The predicted molar refractivity (Wildman–Crippen MR) is 103 cm³/mol. The van der Waals surface area contributed by atoms with Gasteiger partial charge in [0.25, 0.3) is 0 Å². The maximum atomic E-state index is 6.27. The Morgan fingerprint density at radius 2 is 2.04 bits per heavy atom. The quantitative estimate of drug-likeness (QED) is 0.667. The molecule has 0 amide bonds. The average Bonchev–Trinajstić information content (AvgIpc) is 3.03. The van der Waals surface area contributed by atoms with E-state index in [0.717, 1.165) is 48.5 Å². The molecule has 3 aromatic rings. The van der Waals surface area contributed by atoms with Gasteiger partial charge in [-0.05, 0) is 44.0 Å². The molecule has 6 nitrogen and oxygen atoms in total. The fraction of sp³-hybridized carbons (Fsp3) is 0.333. The summed E-state index contributed by atoms with van der Waals surface area (Å²) in [6, 6.07) is 9.54. The predicted octanol–water partition coefficient (Wildman–Crippen LogP) is 3.67. The smallest absolute Gasteiger partial charge is 0.231 e. The molecule has 7 heteroatoms. The molecule has 1 aromatic carbocycles. The van der Waals surface area contributed by atoms with Crippen molar-refractivity contribution in [3.8, 4) is 0 Å². The van der Waals surface area contributed by atoms with Gasteiger partial charge in [-0.15, -0.1) is 0 Å². The minimum atomic E-state index is -0.0946. The molecular formula is C18H21ClN6. The van der Waals surface area contributed by atoms with Crippen LogP contribution in [0.3, 0.4) is 0 Å². The Balaban J connectivity index is 1.68. The largest absolute Gasteiger partial charge is 0.356 e. The zero-order valence-corrected chi connectivity index (χ0v) is 14.8. The maximum Gasteiger partial charge on any atom is 0.231 e. The lowest BCUT2D eigenvalue weighted by atomic mass is 9.91. The number of piperidine rings is 1. The number of rotatable bonds is 3. The number of hydrogen-bond acceptors (Lipinski definition) is 5. The van der Waals surface area contributed by atoms with E-state index in [1.807, 2.05) is 36.5 Å². The summed E-state index contributed by atoms with van der Waals surface area (Å²) in [6.45, 7) is 3.89. The molecule has 0 radical (unpaired) electrons. The number of H-pyrrole nitrogens is 1. The van der Waals surface area contributed by atoms with Crippen LogP contribution in [0.15, 0.2) is 36.5 Å². The highest BCUT2D eigenvalue weighted by Gasteiger charge is 2.27. The van der Waals surface area contributed by atoms with Gasteiger partial charge in [-0.3, -0.25) is 0 Å². The van der Waals surface area contributed by atoms with Crippen LogP contribution >= 0.6 is 11.6 Å². The molecule has 3 heterocycles. The molecule has 0 bridgehead atoms. The molecule has 0 unspecified atom stereocenters. The lowest BCUT2D eigenvalue weighted by Crippen LogP contribution is -2.48. The average molecular weight is 357 g/mol. The number of anilines is 3. The van der Waals surface area contributed by atoms with Gasteiger partial charge in [-0.1, -0.05) is 17.7 Å². The van der Waals surface area contributed by atoms with Crippen LogP contribution in [0.5, 0.6) is 0 Å². The van der Waals surface area contributed by atoms with Crippen LogP contribution in [-0.2, 0) is 0 Å². The summed E-state index contributed by atoms with van der Waals surface area (Å²) in [5, 5.41) is 4.94. The summed E-state index contributed by atoms with van der Waals surface area (Å²) in [4.78, 5) is 14.8. The van der Waals surface area contributed by atoms with Gasteiger partial charge in [-0.25, -0.2) is 0 Å². The minimum Gasteiger partial charge on any atom is -0.356 e. The topological polar surface area (TPSA) is 82.9 Å². The van der Waals surface area contributed by atoms with Crippen molar-refractivity contribution in [3.63, 3.8) is 0 Å². The van der Waals surface area contributed by atoms with Crippen LogP contribution in [0.1, 0.15) is 19.8 Å². The second-order valence-corrected chi connectivity index (χ2v) is 7.32. The molecule has 25 heavy (non-hydrogen) atoms. The van der Waals surface area contributed by atoms with E-state index in [-0.39, 0.29) is 5.54 Å². The zero-order chi connectivity index (χ0) is 17.4. The number of hydrogen-bond donors (Lipinski definition) is 3. The molecule has 4 rings (SSSR count). The van der Waals surface area contributed by atoms with Crippen molar-refractivity contribution >= 4 is 40.1 Å². The summed E-state index contributed by atoms with van der Waals surface area (Å²) in [7, 11) is 0. The first-order valence-corrected chi connectivity index (χ1v) is 8.80. The number of nitrogens with two attached hydrogens (primary N) is 1. The van der Waals surface area contributed by atoms with E-state index in [2.05, 4.69) is 27.1 Å². The molecule has 1 saturated heterocycles. The van der Waals surface area contributed by atoms with Gasteiger partial charge in [0.2, 0.25) is 5.95 Å². The van der Waals surface area contributed by atoms with E-state index >= 15 is 0 Å². The lowest BCUT2D eigenvalue weighted by molar-refractivity contribution is 0.363. The number of benzene rings is 1. The first-order valence-electron chi connectivity index (χ1n) is 8.42. The molecular weight excluding hydrogens is 336 g/mol. The van der Waals surface area contributed by atoms with Gasteiger partial charge in [0.15, 0.2) is 0 Å². The van der Waals surface area contributed by atoms with E-state index in [9.17, 15) is 0 Å². The Morgan fingerprint density at radius 3 is 2.80 bits per heavy atom. The van der Waals surface area contributed by atoms with Crippen LogP contribution in [-0.4, -0.2) is 33.6 Å². The van der Waals surface area contributed by atoms with E-state index in [1.54, 1.807) is 0 Å². The van der Waals surface area contributed by atoms with E-state index in [4.69, 9.17) is 22.3 Å². The van der Waals surface area contributed by atoms with Gasteiger partial charge in [0, 0.05) is 35.5 Å². The van der Waals surface area contributed by atoms with Gasteiger partial charge in [0.05, 0.1) is 5.39 Å². The molecule has 1 aliphatic heterocycles. The van der Waals surface area contributed by atoms with E-state index in [0.29, 0.717) is 11.0 Å². The van der Waals surface area contributed by atoms with Gasteiger partial charge >= 0.3 is 0 Å². The Morgan fingerprint density at radius 1 is 1.24 bits per heavy atom. The highest BCUT2D eigenvalue weighted by molar-refractivity contribution is 6.30. The van der Waals surface area contributed by atoms with Crippen LogP contribution in [0.2, 0.25) is 5.02 Å². The van der Waals surface area contributed by atoms with Crippen molar-refractivity contribution in [1.29, 1.82) is 0 Å². The Labute approximate surface area is 151 Å². The zero-order valence-electron chi connectivity index (χ0n) is 14.1. The minimum absolute atomic E-state index is 0.0946. The summed E-state index contributed by atoms with van der Waals surface area (Å²) in [5.41, 5.74) is 7.85. The van der Waals surface area contributed by atoms with Gasteiger partial charge in [-0.2, -0.15) is 9.97 Å². The number of nitrogens with one attached hydrogen (secondary N) is 2. The summed E-state index contributed by atoms with van der Waals surface area (Å²) < 4.78 is 0. The van der Waals surface area contributed by atoms with Crippen LogP contribution in [0.25, 0.3) is 11.0 Å². The highest BCUT2D eigenvalue weighted by Crippen LogP contribution is 2.30. The van der Waals surface area contributed by atoms with Crippen molar-refractivity contribution in [2.24, 2.45) is 5.73 Å². The third kappa shape index (κ3) is 3.41. The number of halogens is 1. The van der Waals surface area contributed by atoms with Crippen molar-refractivity contribution in [2.45, 2.75) is 25.3 Å². The SMILES string of the molecule is CC1(N)CCN(c2nc(Nc3cccc(Cl)c3)nc3[nH]ccc23)CC1. The van der Waals surface area contributed by atoms with Crippen molar-refractivity contribution in [1.82, 2.24) is 15.0 Å². The Bertz CT molecular complexity index is 893. The summed E-state index contributed by atoms with van der Waals surface area (Å²) in [5.74, 6) is 1.49. The third-order valence-corrected chi connectivity index (χ3v) is 4.92. The van der Waals surface area contributed by atoms with Crippen molar-refractivity contribution in [2.75, 3.05) is 23.3 Å². The monoisotopic (exact) mass is 356 g/mol. The number of fused-ring (bicyclic) bond motifs is 1. The van der Waals surface area contributed by atoms with Crippen LogP contribution in [0, 0.1) is 0 Å². The standard InChI is InChI=1S/C18H21ClN6/c1-18(20)6-9-25(10-7-18)16-14-5-8-21-15(14)23-17(24-16)22-13-4-2-3-12(19)11-13/h2-5,8,11H,6-7,9-10,20H2,1H3,(H2,21,22,23,24). The van der Waals surface area contributed by atoms with E-state index < -0.39 is 0 Å². The number of aromatic amines is 1. The van der Waals surface area contributed by atoms with Gasteiger partial charge in [0.1, 0.15) is 11.5 Å². The maximum absolute atomic E-state index is 6.27. The van der Waals surface area contributed by atoms with Crippen molar-refractivity contribution < 1.29 is 0 Å². The Hall–Kier alpha value is -2.31. The fourth-order valence-electron chi connectivity index (χ4n) is 3.15. The molecule has 0 spiro atoms. The molecule has 0 atom stereocenters. The summed E-state index contributed by atoms with van der Waals surface area (Å²) in [6.07, 6.45) is 3.78. The number of aromatic nitrogens is 3. The molecule has 1 fully saturated rings. The third-order valence-electron chi connectivity index (χ3n) is 4.68. The normalized spacial score (nSPS) is 17.0.